The van der Waals surface area contributed by atoms with Gasteiger partial charge in [0.15, 0.2) is 11.6 Å². The highest BCUT2D eigenvalue weighted by molar-refractivity contribution is 5.94. The zero-order valence-electron chi connectivity index (χ0n) is 22.9. The minimum Gasteiger partial charge on any atom is -0.488 e. The van der Waals surface area contributed by atoms with Gasteiger partial charge in [0, 0.05) is 43.4 Å². The lowest BCUT2D eigenvalue weighted by Gasteiger charge is -2.34. The number of alkyl halides is 1. The lowest BCUT2D eigenvalue weighted by Crippen LogP contribution is -2.55. The molecule has 11 nitrogen and oxygen atoms in total. The zero-order chi connectivity index (χ0) is 29.3. The van der Waals surface area contributed by atoms with Crippen LogP contribution < -0.4 is 14.8 Å². The topological polar surface area (TPSA) is 129 Å². The van der Waals surface area contributed by atoms with Crippen LogP contribution in [0.3, 0.4) is 0 Å². The summed E-state index contributed by atoms with van der Waals surface area (Å²) in [6.07, 6.45) is 5.57. The number of rotatable bonds is 9. The fourth-order valence-electron chi connectivity index (χ4n) is 4.31. The molecule has 0 spiro atoms. The van der Waals surface area contributed by atoms with Gasteiger partial charge in [0.1, 0.15) is 18.5 Å². The quantitative estimate of drug-likeness (QED) is 0.306. The first kappa shape index (κ1) is 28.4. The average Bonchev–Trinajstić information content (AvgIpc) is 3.03. The van der Waals surface area contributed by atoms with Gasteiger partial charge in [-0.05, 0) is 37.1 Å². The van der Waals surface area contributed by atoms with Crippen LogP contribution in [0.2, 0.25) is 0 Å². The third-order valence-electron chi connectivity index (χ3n) is 6.44. The number of benzene rings is 1. The van der Waals surface area contributed by atoms with E-state index in [2.05, 4.69) is 25.3 Å². The number of hydrogen-bond acceptors (Lipinski definition) is 9. The van der Waals surface area contributed by atoms with Gasteiger partial charge in [-0.1, -0.05) is 30.3 Å². The second kappa shape index (κ2) is 13.5. The highest BCUT2D eigenvalue weighted by Gasteiger charge is 2.33. The highest BCUT2D eigenvalue weighted by atomic mass is 19.1. The van der Waals surface area contributed by atoms with Gasteiger partial charge in [0.05, 0.1) is 24.4 Å². The summed E-state index contributed by atoms with van der Waals surface area (Å²) < 4.78 is 31.5. The number of hydrogen-bond donors (Lipinski definition) is 1. The van der Waals surface area contributed by atoms with E-state index in [0.29, 0.717) is 35.4 Å². The fourth-order valence-corrected chi connectivity index (χ4v) is 4.31. The summed E-state index contributed by atoms with van der Waals surface area (Å²) in [7, 11) is 0. The second-order valence-electron chi connectivity index (χ2n) is 9.42. The van der Waals surface area contributed by atoms with Crippen LogP contribution in [0.5, 0.6) is 17.4 Å². The van der Waals surface area contributed by atoms with Crippen molar-refractivity contribution in [1.29, 1.82) is 0 Å². The van der Waals surface area contributed by atoms with E-state index in [1.54, 1.807) is 30.6 Å². The fraction of sp³-hybridized carbons (Fsp3) is 0.267. The third-order valence-corrected chi connectivity index (χ3v) is 6.44. The van der Waals surface area contributed by atoms with E-state index in [4.69, 9.17) is 14.2 Å². The average molecular weight is 573 g/mol. The molecule has 2 atom stereocenters. The number of piperidine rings is 1. The number of nitrogens with one attached hydrogen (secondary N) is 1. The maximum absolute atomic E-state index is 14.7. The molecule has 5 rings (SSSR count). The zero-order valence-corrected chi connectivity index (χ0v) is 22.9. The Morgan fingerprint density at radius 2 is 1.86 bits per heavy atom. The Labute approximate surface area is 241 Å². The first-order valence-corrected chi connectivity index (χ1v) is 13.4. The molecule has 216 valence electrons. The Kier molecular flexibility index (Phi) is 9.12. The molecule has 1 aromatic carbocycles. The molecular formula is C30H29FN6O5. The van der Waals surface area contributed by atoms with E-state index < -0.39 is 24.2 Å². The summed E-state index contributed by atoms with van der Waals surface area (Å²) in [6, 6.07) is 13.6. The summed E-state index contributed by atoms with van der Waals surface area (Å²) in [5.41, 5.74) is 1.54. The number of amides is 2. The molecule has 1 saturated heterocycles. The number of nitrogens with zero attached hydrogens (tertiary/aromatic N) is 5. The number of pyridine rings is 2. The van der Waals surface area contributed by atoms with Gasteiger partial charge in [-0.15, -0.1) is 0 Å². The molecule has 1 N–H and O–H groups in total. The molecule has 1 aliphatic rings. The van der Waals surface area contributed by atoms with Crippen molar-refractivity contribution in [2.75, 3.05) is 19.7 Å². The maximum Gasteiger partial charge on any atom is 0.410 e. The predicted molar refractivity (Wildman–Crippen MR) is 150 cm³/mol. The van der Waals surface area contributed by atoms with Gasteiger partial charge in [0.25, 0.3) is 11.8 Å². The van der Waals surface area contributed by atoms with E-state index in [1.807, 2.05) is 37.3 Å². The van der Waals surface area contributed by atoms with Gasteiger partial charge in [-0.2, -0.15) is 0 Å². The number of ether oxygens (including phenoxy) is 3. The molecule has 12 heteroatoms. The van der Waals surface area contributed by atoms with E-state index >= 15 is 0 Å². The van der Waals surface area contributed by atoms with E-state index in [1.165, 1.54) is 23.5 Å². The Hall–Kier alpha value is -5.13. The van der Waals surface area contributed by atoms with Crippen LogP contribution in [0.1, 0.15) is 29.3 Å². The molecule has 0 unspecified atom stereocenters. The standard InChI is InChI=1S/C30H29FN6O5/c1-2-40-26-9-6-11-33-29(26)42-23-13-21(14-32-17-23)27-34-15-22(16-35-27)28(38)36-25-18-37(12-10-24(25)31)30(39)41-19-20-7-4-3-5-8-20/h3-9,11,13-17,24-25H,2,10,12,18-19H2,1H3,(H,36,38)/t24-,25-/m1/s1. The van der Waals surface area contributed by atoms with Crippen molar-refractivity contribution < 1.29 is 28.2 Å². The van der Waals surface area contributed by atoms with Gasteiger partial charge < -0.3 is 24.4 Å². The van der Waals surface area contributed by atoms with E-state index in [0.717, 1.165) is 5.56 Å². The van der Waals surface area contributed by atoms with Gasteiger partial charge >= 0.3 is 6.09 Å². The first-order chi connectivity index (χ1) is 20.5. The summed E-state index contributed by atoms with van der Waals surface area (Å²) in [5, 5.41) is 2.66. The molecule has 4 aromatic rings. The molecule has 1 fully saturated rings. The Morgan fingerprint density at radius 3 is 2.64 bits per heavy atom. The lowest BCUT2D eigenvalue weighted by atomic mass is 10.0. The molecular weight excluding hydrogens is 543 g/mol. The molecule has 4 heterocycles. The maximum atomic E-state index is 14.7. The first-order valence-electron chi connectivity index (χ1n) is 13.4. The smallest absolute Gasteiger partial charge is 0.410 e. The van der Waals surface area contributed by atoms with Crippen molar-refractivity contribution in [1.82, 2.24) is 30.2 Å². The molecule has 0 saturated carbocycles. The van der Waals surface area contributed by atoms with Crippen LogP contribution in [0.4, 0.5) is 9.18 Å². The number of aromatic nitrogens is 4. The number of halogens is 1. The Morgan fingerprint density at radius 1 is 1.05 bits per heavy atom. The third kappa shape index (κ3) is 7.14. The molecule has 0 aliphatic carbocycles. The highest BCUT2D eigenvalue weighted by Crippen LogP contribution is 2.30. The minimum absolute atomic E-state index is 0.0147. The van der Waals surface area contributed by atoms with Gasteiger partial charge in [-0.25, -0.2) is 24.1 Å². The normalized spacial score (nSPS) is 16.4. The molecule has 1 aliphatic heterocycles. The summed E-state index contributed by atoms with van der Waals surface area (Å²) >= 11 is 0. The van der Waals surface area contributed by atoms with Crippen molar-refractivity contribution in [3.63, 3.8) is 0 Å². The van der Waals surface area contributed by atoms with Crippen molar-refractivity contribution in [3.05, 3.63) is 90.6 Å². The molecule has 0 radical (unpaired) electrons. The van der Waals surface area contributed by atoms with Crippen LogP contribution in [0.25, 0.3) is 11.4 Å². The predicted octanol–water partition coefficient (Wildman–Crippen LogP) is 4.60. The molecule has 2 amide bonds. The molecule has 3 aromatic heterocycles. The number of carbonyl (C=O) groups is 2. The van der Waals surface area contributed by atoms with Crippen molar-refractivity contribution in [2.24, 2.45) is 0 Å². The SMILES string of the molecule is CCOc1cccnc1Oc1cncc(-c2ncc(C(=O)N[C@@H]3CN(C(=O)OCc4ccccc4)CC[C@H]3F)cn2)c1. The number of carbonyl (C=O) groups excluding carboxylic acids is 2. The Balaban J connectivity index is 1.19. The van der Waals surface area contributed by atoms with E-state index in [-0.39, 0.29) is 31.7 Å². The van der Waals surface area contributed by atoms with Crippen LogP contribution in [0.15, 0.2) is 79.5 Å². The minimum atomic E-state index is -1.32. The van der Waals surface area contributed by atoms with Crippen LogP contribution in [0, 0.1) is 0 Å². The van der Waals surface area contributed by atoms with Crippen molar-refractivity contribution >= 4 is 12.0 Å². The van der Waals surface area contributed by atoms with Gasteiger partial charge in [-0.3, -0.25) is 9.78 Å². The van der Waals surface area contributed by atoms with Crippen molar-refractivity contribution in [3.8, 4) is 28.8 Å². The summed E-state index contributed by atoms with van der Waals surface area (Å²) in [5.74, 6) is 0.947. The summed E-state index contributed by atoms with van der Waals surface area (Å²) in [4.78, 5) is 43.8. The van der Waals surface area contributed by atoms with Crippen LogP contribution in [-0.4, -0.2) is 68.7 Å². The summed E-state index contributed by atoms with van der Waals surface area (Å²) in [6.45, 7) is 2.62. The monoisotopic (exact) mass is 572 g/mol. The number of likely N-dealkylation sites (tertiary alicyclic amines) is 1. The second-order valence-corrected chi connectivity index (χ2v) is 9.42. The molecule has 0 bridgehead atoms. The van der Waals surface area contributed by atoms with Crippen molar-refractivity contribution in [2.45, 2.75) is 32.2 Å². The van der Waals surface area contributed by atoms with E-state index in [9.17, 15) is 14.0 Å². The van der Waals surface area contributed by atoms with Gasteiger partial charge in [0.2, 0.25) is 0 Å². The largest absolute Gasteiger partial charge is 0.488 e. The van der Waals surface area contributed by atoms with Crippen LogP contribution >= 0.6 is 0 Å². The lowest BCUT2D eigenvalue weighted by molar-refractivity contribution is 0.0591. The molecule has 42 heavy (non-hydrogen) atoms. The van der Waals surface area contributed by atoms with Crippen LogP contribution in [-0.2, 0) is 11.3 Å². The Bertz CT molecular complexity index is 1510.